The molecule has 0 aliphatic heterocycles. The van der Waals surface area contributed by atoms with Crippen LogP contribution in [0.5, 0.6) is 0 Å². The lowest BCUT2D eigenvalue weighted by Gasteiger charge is -2.06. The molecule has 0 saturated heterocycles. The Kier molecular flexibility index (Phi) is 2.27. The van der Waals surface area contributed by atoms with Crippen molar-refractivity contribution in [3.63, 3.8) is 0 Å². The molecule has 0 saturated carbocycles. The highest BCUT2D eigenvalue weighted by Crippen LogP contribution is 2.21. The number of nitriles is 1. The molecule has 0 bridgehead atoms. The van der Waals surface area contributed by atoms with Crippen molar-refractivity contribution in [2.75, 3.05) is 0 Å². The summed E-state index contributed by atoms with van der Waals surface area (Å²) < 4.78 is 5.01. The van der Waals surface area contributed by atoms with Gasteiger partial charge in [0.2, 0.25) is 5.89 Å². The van der Waals surface area contributed by atoms with E-state index < -0.39 is 0 Å². The fourth-order valence-corrected chi connectivity index (χ4v) is 0.878. The monoisotopic (exact) mass is 150 g/mol. The Morgan fingerprint density at radius 3 is 2.73 bits per heavy atom. The number of aromatic nitrogens is 1. The van der Waals surface area contributed by atoms with Crippen molar-refractivity contribution >= 4 is 0 Å². The van der Waals surface area contributed by atoms with Gasteiger partial charge in [-0.05, 0) is 5.92 Å². The number of hydrogen-bond donors (Lipinski definition) is 0. The second kappa shape index (κ2) is 3.20. The van der Waals surface area contributed by atoms with Gasteiger partial charge < -0.3 is 4.42 Å². The lowest BCUT2D eigenvalue weighted by atomic mass is 9.98. The van der Waals surface area contributed by atoms with Crippen LogP contribution in [0.15, 0.2) is 16.9 Å². The Balaban J connectivity index is 2.82. The van der Waals surface area contributed by atoms with Crippen molar-refractivity contribution in [2.45, 2.75) is 19.8 Å². The summed E-state index contributed by atoms with van der Waals surface area (Å²) >= 11 is 0. The Morgan fingerprint density at radius 1 is 1.64 bits per heavy atom. The molecule has 1 rings (SSSR count). The van der Waals surface area contributed by atoms with Gasteiger partial charge in [-0.25, -0.2) is 4.98 Å². The molecule has 0 amide bonds. The van der Waals surface area contributed by atoms with Crippen molar-refractivity contribution in [2.24, 2.45) is 5.92 Å². The van der Waals surface area contributed by atoms with Gasteiger partial charge in [0.05, 0.1) is 12.3 Å². The van der Waals surface area contributed by atoms with Crippen molar-refractivity contribution in [3.05, 3.63) is 18.4 Å². The van der Waals surface area contributed by atoms with Crippen molar-refractivity contribution < 1.29 is 4.42 Å². The second-order valence-electron chi connectivity index (χ2n) is 2.72. The molecule has 3 nitrogen and oxygen atoms in total. The molecule has 0 fully saturated rings. The molecule has 1 unspecified atom stereocenters. The van der Waals surface area contributed by atoms with E-state index in [4.69, 9.17) is 9.68 Å². The van der Waals surface area contributed by atoms with E-state index in [9.17, 15) is 0 Å². The van der Waals surface area contributed by atoms with Crippen LogP contribution in [0.1, 0.15) is 25.7 Å². The van der Waals surface area contributed by atoms with E-state index in [-0.39, 0.29) is 11.8 Å². The average molecular weight is 150 g/mol. The molecular formula is C8H10N2O. The molecule has 58 valence electrons. The number of oxazole rings is 1. The summed E-state index contributed by atoms with van der Waals surface area (Å²) in [5.74, 6) is 0.547. The topological polar surface area (TPSA) is 49.8 Å². The van der Waals surface area contributed by atoms with Crippen LogP contribution in [-0.4, -0.2) is 4.98 Å². The molecule has 0 aliphatic carbocycles. The molecule has 3 heteroatoms. The van der Waals surface area contributed by atoms with Crippen LogP contribution in [0.2, 0.25) is 0 Å². The van der Waals surface area contributed by atoms with Crippen LogP contribution in [-0.2, 0) is 0 Å². The van der Waals surface area contributed by atoms with Crippen LogP contribution < -0.4 is 0 Å². The van der Waals surface area contributed by atoms with Crippen molar-refractivity contribution in [3.8, 4) is 6.07 Å². The normalized spacial score (nSPS) is 12.9. The maximum atomic E-state index is 8.72. The standard InChI is InChI=1S/C8H10N2O/c1-6(2)7(5-9)8-10-3-4-11-8/h3-4,6-7H,1-2H3. The average Bonchev–Trinajstić information content (AvgIpc) is 2.40. The third-order valence-electron chi connectivity index (χ3n) is 1.52. The van der Waals surface area contributed by atoms with E-state index in [1.54, 1.807) is 6.20 Å². The smallest absolute Gasteiger partial charge is 0.211 e. The number of nitrogens with zero attached hydrogens (tertiary/aromatic N) is 2. The minimum Gasteiger partial charge on any atom is -0.448 e. The molecule has 1 heterocycles. The van der Waals surface area contributed by atoms with Gasteiger partial charge in [-0.3, -0.25) is 0 Å². The Labute approximate surface area is 65.7 Å². The summed E-state index contributed by atoms with van der Waals surface area (Å²) in [6.07, 6.45) is 3.05. The first-order valence-corrected chi connectivity index (χ1v) is 3.54. The molecule has 0 radical (unpaired) electrons. The summed E-state index contributed by atoms with van der Waals surface area (Å²) in [6.45, 7) is 3.94. The highest BCUT2D eigenvalue weighted by atomic mass is 16.3. The molecule has 0 N–H and O–H groups in total. The molecule has 1 aromatic heterocycles. The molecule has 1 atom stereocenters. The van der Waals surface area contributed by atoms with E-state index in [0.717, 1.165) is 0 Å². The van der Waals surface area contributed by atoms with Crippen LogP contribution >= 0.6 is 0 Å². The van der Waals surface area contributed by atoms with Gasteiger partial charge in [0.1, 0.15) is 12.2 Å². The van der Waals surface area contributed by atoms with Crippen LogP contribution in [0.25, 0.3) is 0 Å². The lowest BCUT2D eigenvalue weighted by molar-refractivity contribution is 0.429. The fraction of sp³-hybridized carbons (Fsp3) is 0.500. The van der Waals surface area contributed by atoms with Crippen LogP contribution in [0, 0.1) is 17.2 Å². The van der Waals surface area contributed by atoms with Gasteiger partial charge in [0.25, 0.3) is 0 Å². The van der Waals surface area contributed by atoms with Gasteiger partial charge in [-0.1, -0.05) is 13.8 Å². The van der Waals surface area contributed by atoms with E-state index >= 15 is 0 Å². The molecule has 1 aromatic rings. The number of rotatable bonds is 2. The highest BCUT2D eigenvalue weighted by Gasteiger charge is 2.18. The Hall–Kier alpha value is -1.30. The largest absolute Gasteiger partial charge is 0.448 e. The molecule has 0 aliphatic rings. The first-order valence-electron chi connectivity index (χ1n) is 3.54. The molecular weight excluding hydrogens is 140 g/mol. The zero-order valence-corrected chi connectivity index (χ0v) is 6.61. The van der Waals surface area contributed by atoms with Gasteiger partial charge >= 0.3 is 0 Å². The maximum absolute atomic E-state index is 8.72. The van der Waals surface area contributed by atoms with E-state index in [1.807, 2.05) is 13.8 Å². The predicted octanol–water partition coefficient (Wildman–Crippen LogP) is 1.94. The zero-order chi connectivity index (χ0) is 8.27. The summed E-state index contributed by atoms with van der Waals surface area (Å²) in [5, 5.41) is 8.72. The maximum Gasteiger partial charge on any atom is 0.211 e. The zero-order valence-electron chi connectivity index (χ0n) is 6.61. The molecule has 0 aromatic carbocycles. The third-order valence-corrected chi connectivity index (χ3v) is 1.52. The summed E-state index contributed by atoms with van der Waals surface area (Å²) in [5.41, 5.74) is 0. The van der Waals surface area contributed by atoms with Gasteiger partial charge in [-0.15, -0.1) is 0 Å². The fourth-order valence-electron chi connectivity index (χ4n) is 0.878. The Morgan fingerprint density at radius 2 is 2.36 bits per heavy atom. The summed E-state index contributed by atoms with van der Waals surface area (Å²) in [6, 6.07) is 2.15. The van der Waals surface area contributed by atoms with Gasteiger partial charge in [0.15, 0.2) is 0 Å². The summed E-state index contributed by atoms with van der Waals surface area (Å²) in [7, 11) is 0. The van der Waals surface area contributed by atoms with Crippen molar-refractivity contribution in [1.29, 1.82) is 5.26 Å². The van der Waals surface area contributed by atoms with E-state index in [1.165, 1.54) is 6.26 Å². The number of hydrogen-bond acceptors (Lipinski definition) is 3. The Bertz CT molecular complexity index is 246. The SMILES string of the molecule is CC(C)C(C#N)c1ncco1. The highest BCUT2D eigenvalue weighted by molar-refractivity contribution is 5.05. The molecule has 0 spiro atoms. The quantitative estimate of drug-likeness (QED) is 0.647. The lowest BCUT2D eigenvalue weighted by Crippen LogP contribution is -2.03. The van der Waals surface area contributed by atoms with Crippen molar-refractivity contribution in [1.82, 2.24) is 4.98 Å². The third kappa shape index (κ3) is 1.58. The first-order chi connectivity index (χ1) is 5.25. The van der Waals surface area contributed by atoms with Crippen LogP contribution in [0.3, 0.4) is 0 Å². The first kappa shape index (κ1) is 7.80. The second-order valence-corrected chi connectivity index (χ2v) is 2.72. The van der Waals surface area contributed by atoms with Crippen LogP contribution in [0.4, 0.5) is 0 Å². The van der Waals surface area contributed by atoms with Gasteiger partial charge in [-0.2, -0.15) is 5.26 Å². The molecule has 11 heavy (non-hydrogen) atoms. The minimum atomic E-state index is -0.218. The van der Waals surface area contributed by atoms with E-state index in [0.29, 0.717) is 5.89 Å². The summed E-state index contributed by atoms with van der Waals surface area (Å²) in [4.78, 5) is 3.92. The predicted molar refractivity (Wildman–Crippen MR) is 39.7 cm³/mol. The van der Waals surface area contributed by atoms with E-state index in [2.05, 4.69) is 11.1 Å². The van der Waals surface area contributed by atoms with Gasteiger partial charge in [0, 0.05) is 0 Å². The minimum absolute atomic E-state index is 0.218.